The zero-order valence-corrected chi connectivity index (χ0v) is 20.6. The number of amides is 2. The number of halogens is 1. The summed E-state index contributed by atoms with van der Waals surface area (Å²) in [7, 11) is 0. The van der Waals surface area contributed by atoms with Crippen LogP contribution in [0.2, 0.25) is 0 Å². The largest absolute Gasteiger partial charge is 0.486 e. The molecule has 0 saturated carbocycles. The molecule has 3 aromatic rings. The van der Waals surface area contributed by atoms with Gasteiger partial charge in [-0.15, -0.1) is 0 Å². The number of rotatable bonds is 5. The van der Waals surface area contributed by atoms with Crippen LogP contribution in [-0.4, -0.2) is 31.6 Å². The van der Waals surface area contributed by atoms with Crippen LogP contribution in [0.1, 0.15) is 24.1 Å². The quantitative estimate of drug-likeness (QED) is 0.473. The molecular formula is C27H23BrN2O5. The van der Waals surface area contributed by atoms with Gasteiger partial charge in [-0.2, -0.15) is 0 Å². The number of fused-ring (bicyclic) bond motifs is 2. The lowest BCUT2D eigenvalue weighted by Gasteiger charge is -2.30. The first-order valence-corrected chi connectivity index (χ1v) is 12.0. The second-order valence-corrected chi connectivity index (χ2v) is 9.04. The smallest absolute Gasteiger partial charge is 0.294 e. The molecule has 0 aromatic heterocycles. The van der Waals surface area contributed by atoms with E-state index in [-0.39, 0.29) is 30.2 Å². The Morgan fingerprint density at radius 2 is 1.77 bits per heavy atom. The molecule has 3 aromatic carbocycles. The Balaban J connectivity index is 1.36. The normalized spacial score (nSPS) is 16.3. The second-order valence-electron chi connectivity index (χ2n) is 8.18. The third-order valence-corrected chi connectivity index (χ3v) is 6.49. The number of para-hydroxylation sites is 2. The number of benzene rings is 3. The van der Waals surface area contributed by atoms with E-state index in [1.165, 1.54) is 4.90 Å². The van der Waals surface area contributed by atoms with Crippen molar-refractivity contribution in [3.63, 3.8) is 0 Å². The van der Waals surface area contributed by atoms with Crippen LogP contribution in [0.3, 0.4) is 0 Å². The minimum Gasteiger partial charge on any atom is -0.486 e. The molecule has 178 valence electrons. The first-order chi connectivity index (χ1) is 17.0. The van der Waals surface area contributed by atoms with Gasteiger partial charge in [0.2, 0.25) is 5.91 Å². The molecule has 0 fully saturated rings. The Hall–Kier alpha value is -3.78. The van der Waals surface area contributed by atoms with Gasteiger partial charge in [0, 0.05) is 4.47 Å². The number of hydrogen-bond acceptors (Lipinski definition) is 5. The molecule has 0 aliphatic carbocycles. The Labute approximate surface area is 211 Å². The van der Waals surface area contributed by atoms with Crippen molar-refractivity contribution in [2.24, 2.45) is 0 Å². The van der Waals surface area contributed by atoms with Crippen LogP contribution in [0.5, 0.6) is 17.2 Å². The summed E-state index contributed by atoms with van der Waals surface area (Å²) in [5.41, 5.74) is 2.22. The van der Waals surface area contributed by atoms with Crippen LogP contribution < -0.4 is 24.4 Å². The van der Waals surface area contributed by atoms with Gasteiger partial charge >= 0.3 is 0 Å². The summed E-state index contributed by atoms with van der Waals surface area (Å²) in [6, 6.07) is 20.0. The van der Waals surface area contributed by atoms with Crippen molar-refractivity contribution in [3.05, 3.63) is 88.1 Å². The van der Waals surface area contributed by atoms with Gasteiger partial charge in [0.15, 0.2) is 23.0 Å². The number of nitrogens with one attached hydrogen (secondary N) is 1. The minimum atomic E-state index is -0.387. The van der Waals surface area contributed by atoms with E-state index in [0.29, 0.717) is 36.1 Å². The molecule has 1 atom stereocenters. The maximum Gasteiger partial charge on any atom is 0.294 e. The fourth-order valence-electron chi connectivity index (χ4n) is 4.00. The number of hydrogen-bond donors (Lipinski definition) is 1. The predicted molar refractivity (Wildman–Crippen MR) is 136 cm³/mol. The van der Waals surface area contributed by atoms with Crippen LogP contribution in [0.4, 0.5) is 5.69 Å². The van der Waals surface area contributed by atoms with Crippen LogP contribution in [-0.2, 0) is 9.59 Å². The topological polar surface area (TPSA) is 77.1 Å². The lowest BCUT2D eigenvalue weighted by Crippen LogP contribution is -2.44. The van der Waals surface area contributed by atoms with E-state index in [1.807, 2.05) is 55.5 Å². The average Bonchev–Trinajstić information content (AvgIpc) is 2.87. The van der Waals surface area contributed by atoms with E-state index in [9.17, 15) is 9.59 Å². The molecule has 0 saturated heterocycles. The van der Waals surface area contributed by atoms with Crippen molar-refractivity contribution in [3.8, 4) is 17.2 Å². The zero-order valence-electron chi connectivity index (χ0n) is 19.0. The molecular weight excluding hydrogens is 512 g/mol. The lowest BCUT2D eigenvalue weighted by molar-refractivity contribution is -0.123. The Morgan fingerprint density at radius 3 is 2.60 bits per heavy atom. The highest BCUT2D eigenvalue weighted by atomic mass is 79.9. The van der Waals surface area contributed by atoms with Crippen molar-refractivity contribution in [1.29, 1.82) is 0 Å². The van der Waals surface area contributed by atoms with E-state index in [4.69, 9.17) is 14.2 Å². The molecule has 8 heteroatoms. The van der Waals surface area contributed by atoms with Crippen molar-refractivity contribution < 1.29 is 23.8 Å². The Morgan fingerprint density at radius 1 is 1.03 bits per heavy atom. The third-order valence-electron chi connectivity index (χ3n) is 5.77. The molecule has 1 N–H and O–H groups in total. The SMILES string of the molecule is C[C@@H](NC(=O)CN1C(=O)/C(=C\c2ccccc2Br)Oc2ccccc21)c1ccc2c(c1)OCCO2. The van der Waals surface area contributed by atoms with Crippen molar-refractivity contribution >= 4 is 39.5 Å². The van der Waals surface area contributed by atoms with Crippen molar-refractivity contribution in [1.82, 2.24) is 5.32 Å². The zero-order chi connectivity index (χ0) is 24.4. The predicted octanol–water partition coefficient (Wildman–Crippen LogP) is 4.86. The molecule has 0 bridgehead atoms. The molecule has 2 amide bonds. The van der Waals surface area contributed by atoms with E-state index < -0.39 is 0 Å². The minimum absolute atomic E-state index is 0.142. The van der Waals surface area contributed by atoms with Gasteiger partial charge in [-0.25, -0.2) is 0 Å². The molecule has 7 nitrogen and oxygen atoms in total. The summed E-state index contributed by atoms with van der Waals surface area (Å²) in [5, 5.41) is 2.98. The molecule has 2 heterocycles. The van der Waals surface area contributed by atoms with Crippen LogP contribution in [0, 0.1) is 0 Å². The molecule has 2 aliphatic heterocycles. The summed E-state index contributed by atoms with van der Waals surface area (Å²) in [6.45, 7) is 2.74. The first-order valence-electron chi connectivity index (χ1n) is 11.2. The number of carbonyl (C=O) groups is 2. The third kappa shape index (κ3) is 4.88. The summed E-state index contributed by atoms with van der Waals surface area (Å²) >= 11 is 3.50. The number of ether oxygens (including phenoxy) is 3. The van der Waals surface area contributed by atoms with E-state index in [0.717, 1.165) is 15.6 Å². The van der Waals surface area contributed by atoms with E-state index in [2.05, 4.69) is 21.2 Å². The molecule has 2 aliphatic rings. The van der Waals surface area contributed by atoms with Gasteiger partial charge < -0.3 is 19.5 Å². The lowest BCUT2D eigenvalue weighted by atomic mass is 10.1. The molecule has 0 unspecified atom stereocenters. The second kappa shape index (κ2) is 9.84. The molecule has 0 spiro atoms. The fraction of sp³-hybridized carbons (Fsp3) is 0.185. The van der Waals surface area contributed by atoms with Gasteiger partial charge in [-0.05, 0) is 54.5 Å². The highest BCUT2D eigenvalue weighted by Crippen LogP contribution is 2.36. The maximum absolute atomic E-state index is 13.4. The highest BCUT2D eigenvalue weighted by molar-refractivity contribution is 9.10. The van der Waals surface area contributed by atoms with Gasteiger partial charge in [0.1, 0.15) is 19.8 Å². The Kier molecular flexibility index (Phi) is 6.46. The number of anilines is 1. The monoisotopic (exact) mass is 534 g/mol. The average molecular weight is 535 g/mol. The fourth-order valence-corrected chi connectivity index (χ4v) is 4.40. The number of carbonyl (C=O) groups excluding carboxylic acids is 2. The summed E-state index contributed by atoms with van der Waals surface area (Å²) in [5.74, 6) is 1.33. The molecule has 5 rings (SSSR count). The summed E-state index contributed by atoms with van der Waals surface area (Å²) in [4.78, 5) is 27.8. The van der Waals surface area contributed by atoms with E-state index >= 15 is 0 Å². The van der Waals surface area contributed by atoms with Gasteiger partial charge in [-0.3, -0.25) is 14.5 Å². The maximum atomic E-state index is 13.4. The Bertz CT molecular complexity index is 1320. The summed E-state index contributed by atoms with van der Waals surface area (Å²) < 4.78 is 18.0. The van der Waals surface area contributed by atoms with Crippen LogP contribution >= 0.6 is 15.9 Å². The van der Waals surface area contributed by atoms with Crippen molar-refractivity contribution in [2.45, 2.75) is 13.0 Å². The first kappa shape index (κ1) is 23.0. The van der Waals surface area contributed by atoms with Crippen molar-refractivity contribution in [2.75, 3.05) is 24.7 Å². The number of nitrogens with zero attached hydrogens (tertiary/aromatic N) is 1. The van der Waals surface area contributed by atoms with Crippen LogP contribution in [0.15, 0.2) is 77.0 Å². The van der Waals surface area contributed by atoms with Gasteiger partial charge in [-0.1, -0.05) is 52.3 Å². The van der Waals surface area contributed by atoms with E-state index in [1.54, 1.807) is 24.3 Å². The highest BCUT2D eigenvalue weighted by Gasteiger charge is 2.32. The van der Waals surface area contributed by atoms with Crippen LogP contribution in [0.25, 0.3) is 6.08 Å². The standard InChI is InChI=1S/C27H23BrN2O5/c1-17(18-10-11-23-24(14-18)34-13-12-33-23)29-26(31)16-30-21-8-4-5-9-22(21)35-25(27(30)32)15-19-6-2-3-7-20(19)28/h2-11,14-15,17H,12-13,16H2,1H3,(H,29,31)/b25-15+/t17-/m1/s1. The van der Waals surface area contributed by atoms with Gasteiger partial charge in [0.05, 0.1) is 11.7 Å². The molecule has 0 radical (unpaired) electrons. The molecule has 35 heavy (non-hydrogen) atoms. The summed E-state index contributed by atoms with van der Waals surface area (Å²) in [6.07, 6.45) is 1.67. The van der Waals surface area contributed by atoms with Gasteiger partial charge in [0.25, 0.3) is 5.91 Å².